The van der Waals surface area contributed by atoms with Crippen molar-refractivity contribution in [3.63, 3.8) is 0 Å². The monoisotopic (exact) mass is 305 g/mol. The summed E-state index contributed by atoms with van der Waals surface area (Å²) in [5.41, 5.74) is 2.04. The molecule has 4 heteroatoms. The highest BCUT2D eigenvalue weighted by molar-refractivity contribution is 5.86. The Bertz CT molecular complexity index is 833. The first-order chi connectivity index (χ1) is 11.3. The predicted molar refractivity (Wildman–Crippen MR) is 92.4 cm³/mol. The van der Waals surface area contributed by atoms with Gasteiger partial charge in [-0.05, 0) is 29.3 Å². The minimum atomic E-state index is 0.237. The Hall–Kier alpha value is -2.46. The molecular formula is C19H19N3O. The number of aromatic nitrogens is 2. The summed E-state index contributed by atoms with van der Waals surface area (Å²) < 4.78 is 0. The quantitative estimate of drug-likeness (QED) is 0.808. The third-order valence-corrected chi connectivity index (χ3v) is 4.51. The van der Waals surface area contributed by atoms with E-state index in [1.54, 1.807) is 0 Å². The lowest BCUT2D eigenvalue weighted by Gasteiger charge is -2.16. The molecule has 116 valence electrons. The van der Waals surface area contributed by atoms with Gasteiger partial charge in [0.1, 0.15) is 0 Å². The molecule has 1 aliphatic rings. The molecule has 0 bridgehead atoms. The molecule has 0 aliphatic carbocycles. The first-order valence-corrected chi connectivity index (χ1v) is 8.01. The molecule has 1 unspecified atom stereocenters. The van der Waals surface area contributed by atoms with Crippen molar-refractivity contribution in [2.75, 3.05) is 24.6 Å². The second-order valence-corrected chi connectivity index (χ2v) is 6.09. The van der Waals surface area contributed by atoms with Crippen LogP contribution in [0, 0.1) is 5.92 Å². The lowest BCUT2D eigenvalue weighted by Crippen LogP contribution is -2.22. The van der Waals surface area contributed by atoms with Crippen LogP contribution in [0.2, 0.25) is 0 Å². The van der Waals surface area contributed by atoms with E-state index in [1.807, 2.05) is 12.3 Å². The van der Waals surface area contributed by atoms with Crippen LogP contribution in [0.1, 0.15) is 6.42 Å². The number of aliphatic hydroxyl groups excluding tert-OH is 1. The Balaban J connectivity index is 1.67. The van der Waals surface area contributed by atoms with Crippen LogP contribution in [0.4, 0.5) is 5.95 Å². The third kappa shape index (κ3) is 2.78. The van der Waals surface area contributed by atoms with Gasteiger partial charge in [0.05, 0.1) is 5.69 Å². The molecule has 4 rings (SSSR count). The molecule has 3 aromatic rings. The Morgan fingerprint density at radius 3 is 2.78 bits per heavy atom. The number of benzene rings is 2. The summed E-state index contributed by atoms with van der Waals surface area (Å²) in [4.78, 5) is 11.3. The molecular weight excluding hydrogens is 286 g/mol. The Morgan fingerprint density at radius 2 is 1.96 bits per heavy atom. The molecule has 1 saturated heterocycles. The summed E-state index contributed by atoms with van der Waals surface area (Å²) in [7, 11) is 0. The van der Waals surface area contributed by atoms with Crippen molar-refractivity contribution in [1.82, 2.24) is 9.97 Å². The SMILES string of the molecule is OCC1CCN(c2nccc(-c3ccc4ccccc4c3)n2)C1. The van der Waals surface area contributed by atoms with Crippen LogP contribution in [-0.4, -0.2) is 34.8 Å². The summed E-state index contributed by atoms with van der Waals surface area (Å²) in [6.45, 7) is 1.98. The number of hydrogen-bond acceptors (Lipinski definition) is 4. The molecule has 1 N–H and O–H groups in total. The molecule has 0 radical (unpaired) electrons. The molecule has 4 nitrogen and oxygen atoms in total. The smallest absolute Gasteiger partial charge is 0.225 e. The van der Waals surface area contributed by atoms with Crippen LogP contribution in [0.3, 0.4) is 0 Å². The van der Waals surface area contributed by atoms with Crippen molar-refractivity contribution in [3.05, 3.63) is 54.7 Å². The maximum absolute atomic E-state index is 9.30. The highest BCUT2D eigenvalue weighted by Gasteiger charge is 2.23. The van der Waals surface area contributed by atoms with Gasteiger partial charge in [-0.25, -0.2) is 9.97 Å². The topological polar surface area (TPSA) is 49.2 Å². The van der Waals surface area contributed by atoms with Crippen LogP contribution in [0.25, 0.3) is 22.0 Å². The van der Waals surface area contributed by atoms with Crippen molar-refractivity contribution >= 4 is 16.7 Å². The molecule has 1 atom stereocenters. The van der Waals surface area contributed by atoms with E-state index in [2.05, 4.69) is 52.3 Å². The van der Waals surface area contributed by atoms with Crippen LogP contribution in [-0.2, 0) is 0 Å². The first kappa shape index (κ1) is 14.2. The number of fused-ring (bicyclic) bond motifs is 1. The van der Waals surface area contributed by atoms with Crippen molar-refractivity contribution in [2.45, 2.75) is 6.42 Å². The average Bonchev–Trinajstić information content (AvgIpc) is 3.11. The van der Waals surface area contributed by atoms with Crippen LogP contribution < -0.4 is 4.90 Å². The normalized spacial score (nSPS) is 17.8. The summed E-state index contributed by atoms with van der Waals surface area (Å²) in [5.74, 6) is 1.09. The molecule has 2 heterocycles. The highest BCUT2D eigenvalue weighted by atomic mass is 16.3. The molecule has 0 amide bonds. The van der Waals surface area contributed by atoms with E-state index in [0.717, 1.165) is 36.7 Å². The number of nitrogens with zero attached hydrogens (tertiary/aromatic N) is 3. The zero-order valence-corrected chi connectivity index (χ0v) is 12.9. The van der Waals surface area contributed by atoms with Gasteiger partial charge in [0.2, 0.25) is 5.95 Å². The van der Waals surface area contributed by atoms with Gasteiger partial charge in [-0.2, -0.15) is 0 Å². The lowest BCUT2D eigenvalue weighted by molar-refractivity contribution is 0.238. The van der Waals surface area contributed by atoms with Gasteiger partial charge in [-0.1, -0.05) is 36.4 Å². The van der Waals surface area contributed by atoms with Gasteiger partial charge in [-0.3, -0.25) is 0 Å². The van der Waals surface area contributed by atoms with E-state index in [9.17, 15) is 5.11 Å². The Labute approximate surface area is 135 Å². The molecule has 2 aromatic carbocycles. The van der Waals surface area contributed by atoms with Crippen LogP contribution >= 0.6 is 0 Å². The fourth-order valence-corrected chi connectivity index (χ4v) is 3.17. The second kappa shape index (κ2) is 5.97. The second-order valence-electron chi connectivity index (χ2n) is 6.09. The summed E-state index contributed by atoms with van der Waals surface area (Å²) in [6, 6.07) is 16.7. The number of hydrogen-bond donors (Lipinski definition) is 1. The number of anilines is 1. The number of aliphatic hydroxyl groups is 1. The van der Waals surface area contributed by atoms with E-state index in [1.165, 1.54) is 10.8 Å². The van der Waals surface area contributed by atoms with Crippen molar-refractivity contribution in [2.24, 2.45) is 5.92 Å². The van der Waals surface area contributed by atoms with Gasteiger partial charge < -0.3 is 10.0 Å². The van der Waals surface area contributed by atoms with E-state index in [-0.39, 0.29) is 6.61 Å². The van der Waals surface area contributed by atoms with Crippen molar-refractivity contribution in [3.8, 4) is 11.3 Å². The molecule has 1 aliphatic heterocycles. The van der Waals surface area contributed by atoms with E-state index < -0.39 is 0 Å². The standard InChI is InChI=1S/C19H19N3O/c23-13-14-8-10-22(12-14)19-20-9-7-18(21-19)17-6-5-15-3-1-2-4-16(15)11-17/h1-7,9,11,14,23H,8,10,12-13H2. The minimum absolute atomic E-state index is 0.237. The Kier molecular flexibility index (Phi) is 3.67. The highest BCUT2D eigenvalue weighted by Crippen LogP contribution is 2.26. The summed E-state index contributed by atoms with van der Waals surface area (Å²) in [6.07, 6.45) is 2.82. The van der Waals surface area contributed by atoms with E-state index >= 15 is 0 Å². The molecule has 1 fully saturated rings. The summed E-state index contributed by atoms with van der Waals surface area (Å²) >= 11 is 0. The zero-order chi connectivity index (χ0) is 15.6. The van der Waals surface area contributed by atoms with Crippen molar-refractivity contribution < 1.29 is 5.11 Å². The minimum Gasteiger partial charge on any atom is -0.396 e. The van der Waals surface area contributed by atoms with Gasteiger partial charge in [0, 0.05) is 37.4 Å². The molecule has 23 heavy (non-hydrogen) atoms. The molecule has 0 spiro atoms. The fraction of sp³-hybridized carbons (Fsp3) is 0.263. The predicted octanol–water partition coefficient (Wildman–Crippen LogP) is 3.12. The first-order valence-electron chi connectivity index (χ1n) is 8.01. The maximum Gasteiger partial charge on any atom is 0.225 e. The largest absolute Gasteiger partial charge is 0.396 e. The van der Waals surface area contributed by atoms with E-state index in [0.29, 0.717) is 5.92 Å². The number of rotatable bonds is 3. The molecule has 1 aromatic heterocycles. The third-order valence-electron chi connectivity index (χ3n) is 4.51. The van der Waals surface area contributed by atoms with Gasteiger partial charge in [-0.15, -0.1) is 0 Å². The van der Waals surface area contributed by atoms with Crippen molar-refractivity contribution in [1.29, 1.82) is 0 Å². The van der Waals surface area contributed by atoms with Crippen LogP contribution in [0.15, 0.2) is 54.7 Å². The maximum atomic E-state index is 9.30. The van der Waals surface area contributed by atoms with Gasteiger partial charge >= 0.3 is 0 Å². The fourth-order valence-electron chi connectivity index (χ4n) is 3.17. The van der Waals surface area contributed by atoms with Gasteiger partial charge in [0.25, 0.3) is 0 Å². The zero-order valence-electron chi connectivity index (χ0n) is 12.9. The van der Waals surface area contributed by atoms with Crippen LogP contribution in [0.5, 0.6) is 0 Å². The average molecular weight is 305 g/mol. The Morgan fingerprint density at radius 1 is 1.09 bits per heavy atom. The lowest BCUT2D eigenvalue weighted by atomic mass is 10.1. The van der Waals surface area contributed by atoms with Gasteiger partial charge in [0.15, 0.2) is 0 Å². The van der Waals surface area contributed by atoms with E-state index in [4.69, 9.17) is 4.98 Å². The summed E-state index contributed by atoms with van der Waals surface area (Å²) in [5, 5.41) is 11.7. The molecule has 0 saturated carbocycles.